The fourth-order valence-electron chi connectivity index (χ4n) is 4.44. The van der Waals surface area contributed by atoms with Crippen molar-refractivity contribution in [2.45, 2.75) is 51.5 Å². The lowest BCUT2D eigenvalue weighted by atomic mass is 9.94. The molecule has 2 amide bonds. The number of nitrogens with zero attached hydrogens (tertiary/aromatic N) is 2. The first kappa shape index (κ1) is 24.9. The molecule has 8 heteroatoms. The Kier molecular flexibility index (Phi) is 8.13. The standard InChI is InChI=1S/C27H31N3O4S/c1-3-19-9-7-8-12-21(19)29-27-30(20-10-5-4-6-11-20)26(32)24(35-27)16-18-13-14-22(23(15-18)33-2)34-17-25(28)31/h7-9,12-16,20H,3-6,10-11,17H2,1-2H3,(H2,28,31)/b24-16+,29-27?. The van der Waals surface area contributed by atoms with Gasteiger partial charge in [-0.05, 0) is 66.4 Å². The van der Waals surface area contributed by atoms with E-state index in [1.54, 1.807) is 12.1 Å². The number of ether oxygens (including phenoxy) is 2. The van der Waals surface area contributed by atoms with Crippen LogP contribution >= 0.6 is 11.8 Å². The largest absolute Gasteiger partial charge is 0.493 e. The number of para-hydroxylation sites is 1. The molecule has 0 unspecified atom stereocenters. The van der Waals surface area contributed by atoms with E-state index >= 15 is 0 Å². The van der Waals surface area contributed by atoms with Crippen LogP contribution < -0.4 is 15.2 Å². The Hall–Kier alpha value is -3.26. The van der Waals surface area contributed by atoms with Crippen LogP contribution in [0.1, 0.15) is 50.2 Å². The number of amidine groups is 1. The lowest BCUT2D eigenvalue weighted by Crippen LogP contribution is -2.40. The van der Waals surface area contributed by atoms with Crippen molar-refractivity contribution in [3.05, 3.63) is 58.5 Å². The molecule has 1 saturated carbocycles. The van der Waals surface area contributed by atoms with Crippen LogP contribution in [0.4, 0.5) is 5.69 Å². The predicted octanol–water partition coefficient (Wildman–Crippen LogP) is 5.06. The normalized spacial score (nSPS) is 18.9. The number of nitrogens with two attached hydrogens (primary N) is 1. The molecule has 2 aromatic rings. The van der Waals surface area contributed by atoms with Gasteiger partial charge in [-0.25, -0.2) is 4.99 Å². The average Bonchev–Trinajstić information content (AvgIpc) is 3.17. The highest BCUT2D eigenvalue weighted by atomic mass is 32.2. The van der Waals surface area contributed by atoms with E-state index in [2.05, 4.69) is 13.0 Å². The van der Waals surface area contributed by atoms with Gasteiger partial charge >= 0.3 is 0 Å². The summed E-state index contributed by atoms with van der Waals surface area (Å²) in [6, 6.07) is 13.6. The van der Waals surface area contributed by atoms with Gasteiger partial charge in [0.2, 0.25) is 0 Å². The molecule has 1 saturated heterocycles. The number of carbonyl (C=O) groups excluding carboxylic acids is 2. The third-order valence-corrected chi connectivity index (χ3v) is 7.20. The zero-order valence-corrected chi connectivity index (χ0v) is 21.0. The summed E-state index contributed by atoms with van der Waals surface area (Å²) in [4.78, 5) is 32.2. The van der Waals surface area contributed by atoms with Crippen LogP contribution in [-0.4, -0.2) is 41.6 Å². The predicted molar refractivity (Wildman–Crippen MR) is 140 cm³/mol. The summed E-state index contributed by atoms with van der Waals surface area (Å²) < 4.78 is 10.8. The molecule has 4 rings (SSSR count). The van der Waals surface area contributed by atoms with E-state index in [0.717, 1.165) is 54.1 Å². The molecule has 1 aliphatic carbocycles. The summed E-state index contributed by atoms with van der Waals surface area (Å²) in [6.07, 6.45) is 8.19. The maximum Gasteiger partial charge on any atom is 0.267 e. The summed E-state index contributed by atoms with van der Waals surface area (Å²) in [7, 11) is 1.53. The van der Waals surface area contributed by atoms with Gasteiger partial charge in [-0.3, -0.25) is 14.5 Å². The van der Waals surface area contributed by atoms with Crippen molar-refractivity contribution in [3.8, 4) is 11.5 Å². The molecule has 1 aliphatic heterocycles. The highest BCUT2D eigenvalue weighted by molar-refractivity contribution is 8.18. The molecule has 184 valence electrons. The van der Waals surface area contributed by atoms with E-state index in [1.165, 1.54) is 25.3 Å². The number of methoxy groups -OCH3 is 1. The zero-order chi connectivity index (χ0) is 24.8. The molecule has 2 aliphatic rings. The molecule has 0 bridgehead atoms. The topological polar surface area (TPSA) is 94.2 Å². The third kappa shape index (κ3) is 5.88. The van der Waals surface area contributed by atoms with Gasteiger partial charge in [-0.2, -0.15) is 0 Å². The molecular formula is C27H31N3O4S. The molecule has 0 atom stereocenters. The van der Waals surface area contributed by atoms with Crippen LogP contribution in [-0.2, 0) is 16.0 Å². The number of hydrogen-bond donors (Lipinski definition) is 1. The number of amides is 2. The molecular weight excluding hydrogens is 462 g/mol. The highest BCUT2D eigenvalue weighted by Gasteiger charge is 2.38. The van der Waals surface area contributed by atoms with Gasteiger partial charge in [-0.1, -0.05) is 50.5 Å². The number of rotatable bonds is 8. The maximum absolute atomic E-state index is 13.6. The van der Waals surface area contributed by atoms with Crippen molar-refractivity contribution in [2.75, 3.05) is 13.7 Å². The third-order valence-electron chi connectivity index (χ3n) is 6.22. The number of benzene rings is 2. The van der Waals surface area contributed by atoms with Crippen molar-refractivity contribution in [3.63, 3.8) is 0 Å². The van der Waals surface area contributed by atoms with Crippen molar-refractivity contribution in [2.24, 2.45) is 10.7 Å². The number of hydrogen-bond acceptors (Lipinski definition) is 6. The molecule has 35 heavy (non-hydrogen) atoms. The molecule has 1 heterocycles. The highest BCUT2D eigenvalue weighted by Crippen LogP contribution is 2.39. The quantitative estimate of drug-likeness (QED) is 0.519. The second kappa shape index (κ2) is 11.4. The van der Waals surface area contributed by atoms with Gasteiger partial charge in [-0.15, -0.1) is 0 Å². The second-order valence-corrected chi connectivity index (χ2v) is 9.63. The van der Waals surface area contributed by atoms with Gasteiger partial charge in [0, 0.05) is 6.04 Å². The lowest BCUT2D eigenvalue weighted by molar-refractivity contribution is -0.124. The lowest BCUT2D eigenvalue weighted by Gasteiger charge is -2.30. The maximum atomic E-state index is 13.6. The Labute approximate surface area is 210 Å². The van der Waals surface area contributed by atoms with Gasteiger partial charge in [0.1, 0.15) is 0 Å². The molecule has 0 radical (unpaired) electrons. The van der Waals surface area contributed by atoms with Crippen molar-refractivity contribution < 1.29 is 19.1 Å². The minimum Gasteiger partial charge on any atom is -0.493 e. The Balaban J connectivity index is 1.67. The summed E-state index contributed by atoms with van der Waals surface area (Å²) in [5, 5.41) is 0.738. The molecule has 0 spiro atoms. The Morgan fingerprint density at radius 1 is 1.17 bits per heavy atom. The fraction of sp³-hybridized carbons (Fsp3) is 0.370. The van der Waals surface area contributed by atoms with Crippen molar-refractivity contribution in [1.29, 1.82) is 0 Å². The molecule has 2 fully saturated rings. The minimum atomic E-state index is -0.564. The van der Waals surface area contributed by atoms with Gasteiger partial charge < -0.3 is 15.2 Å². The van der Waals surface area contributed by atoms with E-state index in [1.807, 2.05) is 35.2 Å². The first-order chi connectivity index (χ1) is 17.0. The first-order valence-electron chi connectivity index (χ1n) is 12.0. The monoisotopic (exact) mass is 493 g/mol. The molecule has 2 aromatic carbocycles. The van der Waals surface area contributed by atoms with Crippen LogP contribution in [0.15, 0.2) is 52.4 Å². The Morgan fingerprint density at radius 3 is 2.66 bits per heavy atom. The smallest absolute Gasteiger partial charge is 0.267 e. The number of thioether (sulfide) groups is 1. The van der Waals surface area contributed by atoms with Crippen LogP contribution in [0.3, 0.4) is 0 Å². The number of carbonyl (C=O) groups is 2. The zero-order valence-electron chi connectivity index (χ0n) is 20.2. The average molecular weight is 494 g/mol. The summed E-state index contributed by atoms with van der Waals surface area (Å²) >= 11 is 1.42. The van der Waals surface area contributed by atoms with Gasteiger partial charge in [0.05, 0.1) is 17.7 Å². The van der Waals surface area contributed by atoms with Crippen LogP contribution in [0, 0.1) is 0 Å². The van der Waals surface area contributed by atoms with Gasteiger partial charge in [0.15, 0.2) is 23.3 Å². The number of aliphatic imine (C=N–C) groups is 1. The molecule has 7 nitrogen and oxygen atoms in total. The molecule has 0 aromatic heterocycles. The summed E-state index contributed by atoms with van der Waals surface area (Å²) in [6.45, 7) is 1.88. The van der Waals surface area contributed by atoms with Crippen LogP contribution in [0.25, 0.3) is 6.08 Å². The van der Waals surface area contributed by atoms with E-state index < -0.39 is 5.91 Å². The summed E-state index contributed by atoms with van der Waals surface area (Å²) in [5.41, 5.74) is 8.04. The molecule has 2 N–H and O–H groups in total. The second-order valence-electron chi connectivity index (χ2n) is 8.62. The Bertz CT molecular complexity index is 1150. The van der Waals surface area contributed by atoms with Crippen molar-refractivity contribution >= 4 is 40.5 Å². The first-order valence-corrected chi connectivity index (χ1v) is 12.8. The Morgan fingerprint density at radius 2 is 1.94 bits per heavy atom. The van der Waals surface area contributed by atoms with Crippen LogP contribution in [0.2, 0.25) is 0 Å². The van der Waals surface area contributed by atoms with E-state index in [4.69, 9.17) is 20.2 Å². The van der Waals surface area contributed by atoms with Crippen molar-refractivity contribution in [1.82, 2.24) is 4.90 Å². The number of primary amides is 1. The van der Waals surface area contributed by atoms with E-state index in [9.17, 15) is 9.59 Å². The van der Waals surface area contributed by atoms with Crippen LogP contribution in [0.5, 0.6) is 11.5 Å². The van der Waals surface area contributed by atoms with E-state index in [-0.39, 0.29) is 18.6 Å². The van der Waals surface area contributed by atoms with E-state index in [0.29, 0.717) is 16.4 Å². The van der Waals surface area contributed by atoms with Gasteiger partial charge in [0.25, 0.3) is 11.8 Å². The minimum absolute atomic E-state index is 0.0114. The number of aryl methyl sites for hydroxylation is 1. The summed E-state index contributed by atoms with van der Waals surface area (Å²) in [5.74, 6) is 0.306. The SMILES string of the molecule is CCc1ccccc1N=C1S/C(=C/c2ccc(OCC(N)=O)c(OC)c2)C(=O)N1C1CCCCC1. The fourth-order valence-corrected chi connectivity index (χ4v) is 5.49.